The SMILES string of the molecule is Cc1ccc([C@@H]2C[C@H](CNC(C)c3cccc4ccccc34)Oc3ccccc32)cc1C(=O)N1CCCC1. The van der Waals surface area contributed by atoms with Gasteiger partial charge in [-0.2, -0.15) is 0 Å². The molecule has 4 aromatic rings. The van der Waals surface area contributed by atoms with E-state index in [1.165, 1.54) is 27.5 Å². The van der Waals surface area contributed by atoms with Gasteiger partial charge in [0.2, 0.25) is 0 Å². The Labute approximate surface area is 225 Å². The quantitative estimate of drug-likeness (QED) is 0.307. The maximum absolute atomic E-state index is 13.3. The number of carbonyl (C=O) groups excluding carboxylic acids is 1. The number of likely N-dealkylation sites (tertiary alicyclic amines) is 1. The van der Waals surface area contributed by atoms with E-state index in [0.29, 0.717) is 0 Å². The Morgan fingerprint density at radius 3 is 2.61 bits per heavy atom. The summed E-state index contributed by atoms with van der Waals surface area (Å²) in [7, 11) is 0. The van der Waals surface area contributed by atoms with E-state index in [-0.39, 0.29) is 24.0 Å². The van der Waals surface area contributed by atoms with Crippen molar-refractivity contribution in [2.75, 3.05) is 19.6 Å². The molecule has 194 valence electrons. The van der Waals surface area contributed by atoms with Crippen molar-refractivity contribution < 1.29 is 9.53 Å². The van der Waals surface area contributed by atoms with Gasteiger partial charge in [-0.25, -0.2) is 0 Å². The molecular formula is C34H36N2O2. The van der Waals surface area contributed by atoms with Gasteiger partial charge in [0, 0.05) is 42.7 Å². The van der Waals surface area contributed by atoms with E-state index >= 15 is 0 Å². The molecule has 38 heavy (non-hydrogen) atoms. The number of nitrogens with one attached hydrogen (secondary N) is 1. The molecule has 2 aliphatic rings. The molecule has 4 heteroatoms. The summed E-state index contributed by atoms with van der Waals surface area (Å²) in [5.74, 6) is 1.30. The van der Waals surface area contributed by atoms with E-state index in [0.717, 1.165) is 55.8 Å². The minimum Gasteiger partial charge on any atom is -0.489 e. The van der Waals surface area contributed by atoms with Gasteiger partial charge < -0.3 is 15.0 Å². The third kappa shape index (κ3) is 4.81. The fourth-order valence-electron chi connectivity index (χ4n) is 6.16. The lowest BCUT2D eigenvalue weighted by Crippen LogP contribution is -2.37. The van der Waals surface area contributed by atoms with Crippen LogP contribution in [0.4, 0.5) is 0 Å². The van der Waals surface area contributed by atoms with Crippen LogP contribution in [0.25, 0.3) is 10.8 Å². The van der Waals surface area contributed by atoms with Crippen LogP contribution in [0.3, 0.4) is 0 Å². The Hall–Kier alpha value is -3.63. The minimum atomic E-state index is 0.0337. The Bertz CT molecular complexity index is 1450. The predicted octanol–water partition coefficient (Wildman–Crippen LogP) is 7.02. The third-order valence-corrected chi connectivity index (χ3v) is 8.32. The van der Waals surface area contributed by atoms with E-state index in [1.54, 1.807) is 0 Å². The predicted molar refractivity (Wildman–Crippen MR) is 154 cm³/mol. The highest BCUT2D eigenvalue weighted by molar-refractivity contribution is 5.96. The van der Waals surface area contributed by atoms with Crippen molar-refractivity contribution in [2.24, 2.45) is 0 Å². The Balaban J connectivity index is 1.24. The average Bonchev–Trinajstić information content (AvgIpc) is 3.50. The molecule has 0 bridgehead atoms. The molecule has 6 rings (SSSR count). The number of benzene rings is 4. The molecule has 2 heterocycles. The summed E-state index contributed by atoms with van der Waals surface area (Å²) in [6.07, 6.45) is 3.10. The van der Waals surface area contributed by atoms with Gasteiger partial charge in [0.15, 0.2) is 0 Å². The van der Waals surface area contributed by atoms with Gasteiger partial charge in [0.05, 0.1) is 0 Å². The zero-order chi connectivity index (χ0) is 26.1. The van der Waals surface area contributed by atoms with Crippen molar-refractivity contribution in [2.45, 2.75) is 51.2 Å². The summed E-state index contributed by atoms with van der Waals surface area (Å²) < 4.78 is 6.50. The summed E-state index contributed by atoms with van der Waals surface area (Å²) in [5, 5.41) is 6.31. The second-order valence-corrected chi connectivity index (χ2v) is 10.8. The number of nitrogens with zero attached hydrogens (tertiary/aromatic N) is 1. The van der Waals surface area contributed by atoms with Crippen LogP contribution in [0.5, 0.6) is 5.75 Å². The largest absolute Gasteiger partial charge is 0.489 e. The van der Waals surface area contributed by atoms with E-state index in [9.17, 15) is 4.79 Å². The standard InChI is InChI=1S/C34H36N2O2/c1-23-16-17-26(20-31(23)34(37)36-18-7-8-19-36)32-21-27(38-33-15-6-5-13-30(32)33)22-35-24(2)28-14-9-11-25-10-3-4-12-29(25)28/h3-6,9-17,20,24,27,32,35H,7-8,18-19,21-22H2,1-2H3/t24?,27-,32+/m1/s1. The van der Waals surface area contributed by atoms with Crippen molar-refractivity contribution >= 4 is 16.7 Å². The van der Waals surface area contributed by atoms with Gasteiger partial charge in [-0.3, -0.25) is 4.79 Å². The monoisotopic (exact) mass is 504 g/mol. The van der Waals surface area contributed by atoms with Crippen LogP contribution in [-0.2, 0) is 0 Å². The number of ether oxygens (including phenoxy) is 1. The first kappa shape index (κ1) is 24.7. The lowest BCUT2D eigenvalue weighted by molar-refractivity contribution is 0.0792. The summed E-state index contributed by atoms with van der Waals surface area (Å²) in [4.78, 5) is 15.3. The molecule has 4 aromatic carbocycles. The van der Waals surface area contributed by atoms with Crippen LogP contribution in [0.15, 0.2) is 84.9 Å². The van der Waals surface area contributed by atoms with Gasteiger partial charge >= 0.3 is 0 Å². The van der Waals surface area contributed by atoms with Gasteiger partial charge in [-0.05, 0) is 72.7 Å². The molecule has 0 aromatic heterocycles. The second-order valence-electron chi connectivity index (χ2n) is 10.8. The van der Waals surface area contributed by atoms with Crippen molar-refractivity contribution in [3.8, 4) is 5.75 Å². The smallest absolute Gasteiger partial charge is 0.254 e. The normalized spacial score (nSPS) is 19.7. The molecule has 1 unspecified atom stereocenters. The molecule has 0 saturated carbocycles. The third-order valence-electron chi connectivity index (χ3n) is 8.32. The van der Waals surface area contributed by atoms with Crippen LogP contribution in [0, 0.1) is 6.92 Å². The maximum Gasteiger partial charge on any atom is 0.254 e. The van der Waals surface area contributed by atoms with Gasteiger partial charge in [0.25, 0.3) is 5.91 Å². The minimum absolute atomic E-state index is 0.0337. The van der Waals surface area contributed by atoms with Gasteiger partial charge in [-0.15, -0.1) is 0 Å². The summed E-state index contributed by atoms with van der Waals surface area (Å²) in [5.41, 5.74) is 5.59. The van der Waals surface area contributed by atoms with Gasteiger partial charge in [-0.1, -0.05) is 72.8 Å². The number of aryl methyl sites for hydroxylation is 1. The molecular weight excluding hydrogens is 468 g/mol. The number of rotatable bonds is 6. The summed E-state index contributed by atoms with van der Waals surface area (Å²) in [6, 6.07) is 30.1. The lowest BCUT2D eigenvalue weighted by atomic mass is 9.83. The molecule has 2 aliphatic heterocycles. The van der Waals surface area contributed by atoms with Crippen LogP contribution in [-0.4, -0.2) is 36.5 Å². The Kier molecular flexibility index (Phi) is 6.90. The van der Waals surface area contributed by atoms with E-state index in [2.05, 4.69) is 91.1 Å². The van der Waals surface area contributed by atoms with Crippen LogP contribution >= 0.6 is 0 Å². The van der Waals surface area contributed by atoms with E-state index in [4.69, 9.17) is 4.74 Å². The lowest BCUT2D eigenvalue weighted by Gasteiger charge is -2.34. The Morgan fingerprint density at radius 1 is 0.974 bits per heavy atom. The van der Waals surface area contributed by atoms with Crippen molar-refractivity contribution in [1.29, 1.82) is 0 Å². The topological polar surface area (TPSA) is 41.6 Å². The fourth-order valence-corrected chi connectivity index (χ4v) is 6.16. The molecule has 0 aliphatic carbocycles. The van der Waals surface area contributed by atoms with Crippen molar-refractivity contribution in [3.63, 3.8) is 0 Å². The summed E-state index contributed by atoms with van der Waals surface area (Å²) >= 11 is 0. The average molecular weight is 505 g/mol. The highest BCUT2D eigenvalue weighted by atomic mass is 16.5. The highest BCUT2D eigenvalue weighted by Gasteiger charge is 2.31. The fraction of sp³-hybridized carbons (Fsp3) is 0.324. The first-order valence-corrected chi connectivity index (χ1v) is 13.9. The zero-order valence-corrected chi connectivity index (χ0v) is 22.3. The molecule has 3 atom stereocenters. The maximum atomic E-state index is 13.3. The molecule has 1 saturated heterocycles. The van der Waals surface area contributed by atoms with Crippen LogP contribution in [0.1, 0.15) is 70.8 Å². The molecule has 4 nitrogen and oxygen atoms in total. The Morgan fingerprint density at radius 2 is 1.74 bits per heavy atom. The number of amides is 1. The number of fused-ring (bicyclic) bond motifs is 2. The molecule has 1 N–H and O–H groups in total. The first-order chi connectivity index (χ1) is 18.6. The second kappa shape index (κ2) is 10.6. The molecule has 0 spiro atoms. The zero-order valence-electron chi connectivity index (χ0n) is 22.3. The molecule has 1 amide bonds. The molecule has 0 radical (unpaired) electrons. The van der Waals surface area contributed by atoms with Crippen molar-refractivity contribution in [1.82, 2.24) is 10.2 Å². The van der Waals surface area contributed by atoms with E-state index in [1.807, 2.05) is 17.9 Å². The number of carbonyl (C=O) groups is 1. The van der Waals surface area contributed by atoms with Gasteiger partial charge in [0.1, 0.15) is 11.9 Å². The summed E-state index contributed by atoms with van der Waals surface area (Å²) in [6.45, 7) is 6.76. The van der Waals surface area contributed by atoms with Crippen LogP contribution < -0.4 is 10.1 Å². The highest BCUT2D eigenvalue weighted by Crippen LogP contribution is 2.41. The first-order valence-electron chi connectivity index (χ1n) is 13.9. The molecule has 1 fully saturated rings. The number of hydrogen-bond donors (Lipinski definition) is 1. The van der Waals surface area contributed by atoms with Crippen molar-refractivity contribution in [3.05, 3.63) is 113 Å². The number of para-hydroxylation sites is 1. The van der Waals surface area contributed by atoms with Crippen LogP contribution in [0.2, 0.25) is 0 Å². The van der Waals surface area contributed by atoms with E-state index < -0.39 is 0 Å². The number of hydrogen-bond acceptors (Lipinski definition) is 3.